The number of aromatic nitrogens is 3. The molecule has 2 aromatic rings. The van der Waals surface area contributed by atoms with Crippen molar-refractivity contribution in [3.63, 3.8) is 0 Å². The maximum atomic E-state index is 13.0. The summed E-state index contributed by atoms with van der Waals surface area (Å²) in [4.78, 5) is 29.5. The predicted octanol–water partition coefficient (Wildman–Crippen LogP) is 1.95. The number of thiazole rings is 1. The van der Waals surface area contributed by atoms with Gasteiger partial charge in [-0.25, -0.2) is 9.97 Å². The first-order valence-corrected chi connectivity index (χ1v) is 9.67. The van der Waals surface area contributed by atoms with Gasteiger partial charge < -0.3 is 15.2 Å². The van der Waals surface area contributed by atoms with Crippen LogP contribution in [0.15, 0.2) is 11.7 Å². The number of fused-ring (bicyclic) bond motifs is 4. The Labute approximate surface area is 151 Å². The Kier molecular flexibility index (Phi) is 4.47. The lowest BCUT2D eigenvalue weighted by atomic mass is 9.95. The van der Waals surface area contributed by atoms with Crippen LogP contribution in [-0.4, -0.2) is 63.4 Å². The zero-order valence-corrected chi connectivity index (χ0v) is 15.5. The van der Waals surface area contributed by atoms with Gasteiger partial charge >= 0.3 is 0 Å². The third-order valence-corrected chi connectivity index (χ3v) is 6.15. The van der Waals surface area contributed by atoms with Crippen LogP contribution in [0, 0.1) is 12.8 Å². The SMILES string of the molecule is CNc1nc(C(=O)N2C[C@@H]3CC[C@H]2CN(Cc2nc[nH]c2C)C3)cs1. The largest absolute Gasteiger partial charge is 0.365 e. The summed E-state index contributed by atoms with van der Waals surface area (Å²) in [7, 11) is 1.83. The van der Waals surface area contributed by atoms with Gasteiger partial charge in [-0.05, 0) is 25.7 Å². The second kappa shape index (κ2) is 6.76. The normalized spacial score (nSPS) is 23.7. The van der Waals surface area contributed by atoms with Gasteiger partial charge in [0.1, 0.15) is 5.69 Å². The minimum absolute atomic E-state index is 0.0743. The number of carbonyl (C=O) groups is 1. The highest BCUT2D eigenvalue weighted by Crippen LogP contribution is 2.30. The second-order valence-corrected chi connectivity index (χ2v) is 7.87. The summed E-state index contributed by atoms with van der Waals surface area (Å²) in [5.41, 5.74) is 2.81. The van der Waals surface area contributed by atoms with Crippen molar-refractivity contribution in [3.8, 4) is 0 Å². The summed E-state index contributed by atoms with van der Waals surface area (Å²) in [6, 6.07) is 0.269. The van der Waals surface area contributed by atoms with E-state index >= 15 is 0 Å². The van der Waals surface area contributed by atoms with E-state index in [-0.39, 0.29) is 11.9 Å². The van der Waals surface area contributed by atoms with Gasteiger partial charge in [0.05, 0.1) is 12.0 Å². The lowest BCUT2D eigenvalue weighted by molar-refractivity contribution is 0.0579. The number of anilines is 1. The van der Waals surface area contributed by atoms with E-state index in [0.29, 0.717) is 11.6 Å². The molecule has 0 radical (unpaired) electrons. The van der Waals surface area contributed by atoms with E-state index in [1.807, 2.05) is 12.4 Å². The molecule has 25 heavy (non-hydrogen) atoms. The average molecular weight is 360 g/mol. The zero-order valence-electron chi connectivity index (χ0n) is 14.7. The van der Waals surface area contributed by atoms with E-state index in [4.69, 9.17) is 0 Å². The molecule has 3 saturated heterocycles. The summed E-state index contributed by atoms with van der Waals surface area (Å²) >= 11 is 1.48. The maximum absolute atomic E-state index is 13.0. The molecule has 0 unspecified atom stereocenters. The Morgan fingerprint density at radius 2 is 2.28 bits per heavy atom. The van der Waals surface area contributed by atoms with Crippen LogP contribution in [0.5, 0.6) is 0 Å². The number of amides is 1. The number of aromatic amines is 1. The standard InChI is InChI=1S/C17H24N6OS/c1-11-14(20-10-19-11)8-22-5-12-3-4-13(7-22)23(6-12)16(24)15-9-25-17(18-2)21-15/h9-10,12-13H,3-8H2,1-2H3,(H,18,21)(H,19,20)/t12-,13+/m1/s1. The monoisotopic (exact) mass is 360 g/mol. The average Bonchev–Trinajstić information content (AvgIpc) is 3.15. The summed E-state index contributed by atoms with van der Waals surface area (Å²) in [6.07, 6.45) is 4.04. The fraction of sp³-hybridized carbons (Fsp3) is 0.588. The molecule has 0 spiro atoms. The first-order valence-electron chi connectivity index (χ1n) is 8.79. The van der Waals surface area contributed by atoms with Crippen molar-refractivity contribution in [1.29, 1.82) is 0 Å². The summed E-state index contributed by atoms with van der Waals surface area (Å²) in [5.74, 6) is 0.606. The van der Waals surface area contributed by atoms with E-state index in [9.17, 15) is 4.79 Å². The van der Waals surface area contributed by atoms with Crippen molar-refractivity contribution in [1.82, 2.24) is 24.8 Å². The van der Waals surface area contributed by atoms with Gasteiger partial charge in [0.15, 0.2) is 5.13 Å². The fourth-order valence-corrected chi connectivity index (χ4v) is 4.59. The quantitative estimate of drug-likeness (QED) is 0.871. The van der Waals surface area contributed by atoms with Crippen LogP contribution in [0.4, 0.5) is 5.13 Å². The Morgan fingerprint density at radius 1 is 1.40 bits per heavy atom. The van der Waals surface area contributed by atoms with E-state index in [2.05, 4.69) is 37.0 Å². The van der Waals surface area contributed by atoms with Crippen molar-refractivity contribution in [2.75, 3.05) is 32.0 Å². The number of H-pyrrole nitrogens is 1. The lowest BCUT2D eigenvalue weighted by Gasteiger charge is -2.35. The van der Waals surface area contributed by atoms with Crippen molar-refractivity contribution in [2.24, 2.45) is 5.92 Å². The minimum Gasteiger partial charge on any atom is -0.365 e. The Bertz CT molecular complexity index is 756. The number of imidazole rings is 1. The van der Waals surface area contributed by atoms with Gasteiger partial charge in [-0.3, -0.25) is 9.69 Å². The van der Waals surface area contributed by atoms with Crippen LogP contribution in [-0.2, 0) is 6.54 Å². The second-order valence-electron chi connectivity index (χ2n) is 7.01. The maximum Gasteiger partial charge on any atom is 0.273 e. The number of rotatable bonds is 4. The van der Waals surface area contributed by atoms with Crippen LogP contribution in [0.2, 0.25) is 0 Å². The number of nitrogens with zero attached hydrogens (tertiary/aromatic N) is 4. The highest BCUT2D eigenvalue weighted by molar-refractivity contribution is 7.13. The number of hydrogen-bond donors (Lipinski definition) is 2. The smallest absolute Gasteiger partial charge is 0.273 e. The first kappa shape index (κ1) is 16.5. The molecule has 8 heteroatoms. The van der Waals surface area contributed by atoms with E-state index in [0.717, 1.165) is 49.1 Å². The zero-order chi connectivity index (χ0) is 17.4. The molecular formula is C17H24N6OS. The number of piperidine rings is 1. The molecule has 0 aliphatic carbocycles. The Morgan fingerprint density at radius 3 is 3.00 bits per heavy atom. The predicted molar refractivity (Wildman–Crippen MR) is 97.8 cm³/mol. The van der Waals surface area contributed by atoms with Crippen LogP contribution < -0.4 is 5.32 Å². The van der Waals surface area contributed by atoms with Gasteiger partial charge in [-0.15, -0.1) is 11.3 Å². The van der Waals surface area contributed by atoms with Gasteiger partial charge in [0, 0.05) is 50.3 Å². The van der Waals surface area contributed by atoms with Crippen LogP contribution >= 0.6 is 11.3 Å². The molecule has 3 aliphatic heterocycles. The van der Waals surface area contributed by atoms with Crippen molar-refractivity contribution in [2.45, 2.75) is 32.4 Å². The number of nitrogens with one attached hydrogen (secondary N) is 2. The molecule has 1 amide bonds. The topological polar surface area (TPSA) is 77.2 Å². The Balaban J connectivity index is 1.49. The molecular weight excluding hydrogens is 336 g/mol. The van der Waals surface area contributed by atoms with E-state index < -0.39 is 0 Å². The molecule has 2 aromatic heterocycles. The Hall–Kier alpha value is -1.93. The molecule has 3 fully saturated rings. The highest BCUT2D eigenvalue weighted by Gasteiger charge is 2.38. The molecule has 0 aromatic carbocycles. The molecule has 134 valence electrons. The molecule has 5 rings (SSSR count). The van der Waals surface area contributed by atoms with E-state index in [1.165, 1.54) is 17.8 Å². The van der Waals surface area contributed by atoms with Gasteiger partial charge in [-0.2, -0.15) is 0 Å². The summed E-state index contributed by atoms with van der Waals surface area (Å²) in [5, 5.41) is 5.66. The third-order valence-electron chi connectivity index (χ3n) is 5.29. The molecule has 3 aliphatic rings. The van der Waals surface area contributed by atoms with Crippen LogP contribution in [0.3, 0.4) is 0 Å². The number of carbonyl (C=O) groups excluding carboxylic acids is 1. The summed E-state index contributed by atoms with van der Waals surface area (Å²) in [6.45, 7) is 5.70. The minimum atomic E-state index is 0.0743. The molecule has 5 heterocycles. The van der Waals surface area contributed by atoms with Gasteiger partial charge in [-0.1, -0.05) is 0 Å². The molecule has 2 bridgehead atoms. The van der Waals surface area contributed by atoms with Crippen molar-refractivity contribution < 1.29 is 4.79 Å². The highest BCUT2D eigenvalue weighted by atomic mass is 32.1. The molecule has 2 atom stereocenters. The van der Waals surface area contributed by atoms with Gasteiger partial charge in [0.25, 0.3) is 5.91 Å². The van der Waals surface area contributed by atoms with Crippen molar-refractivity contribution in [3.05, 3.63) is 28.8 Å². The third kappa shape index (κ3) is 3.28. The van der Waals surface area contributed by atoms with Crippen LogP contribution in [0.1, 0.15) is 34.7 Å². The van der Waals surface area contributed by atoms with Crippen molar-refractivity contribution >= 4 is 22.4 Å². The van der Waals surface area contributed by atoms with E-state index in [1.54, 1.807) is 6.33 Å². The van der Waals surface area contributed by atoms with Gasteiger partial charge in [0.2, 0.25) is 0 Å². The molecule has 2 N–H and O–H groups in total. The molecule has 0 saturated carbocycles. The number of hydrogen-bond acceptors (Lipinski definition) is 6. The van der Waals surface area contributed by atoms with Crippen LogP contribution in [0.25, 0.3) is 0 Å². The fourth-order valence-electron chi connectivity index (χ4n) is 3.95. The first-order chi connectivity index (χ1) is 12.1. The number of aryl methyl sites for hydroxylation is 1. The molecule has 7 nitrogen and oxygen atoms in total. The lowest BCUT2D eigenvalue weighted by Crippen LogP contribution is -2.47. The summed E-state index contributed by atoms with van der Waals surface area (Å²) < 4.78 is 0.